The van der Waals surface area contributed by atoms with Gasteiger partial charge in [-0.1, -0.05) is 6.42 Å². The zero-order valence-electron chi connectivity index (χ0n) is 11.1. The molecule has 9 heteroatoms. The minimum atomic E-state index is -4.40. The van der Waals surface area contributed by atoms with Crippen LogP contribution in [0.3, 0.4) is 0 Å². The van der Waals surface area contributed by atoms with Crippen LogP contribution in [0.25, 0.3) is 0 Å². The lowest BCUT2D eigenvalue weighted by Crippen LogP contribution is -2.44. The van der Waals surface area contributed by atoms with E-state index in [1.165, 1.54) is 0 Å². The Morgan fingerprint density at radius 2 is 1.57 bits per heavy atom. The van der Waals surface area contributed by atoms with E-state index in [1.807, 2.05) is 0 Å². The molecule has 1 amide bonds. The van der Waals surface area contributed by atoms with Crippen LogP contribution < -0.4 is 0 Å². The van der Waals surface area contributed by atoms with Crippen molar-refractivity contribution in [2.45, 2.75) is 31.9 Å². The first-order valence-electron chi connectivity index (χ1n) is 6.40. The van der Waals surface area contributed by atoms with Crippen molar-refractivity contribution >= 4 is 17.8 Å². The zero-order valence-corrected chi connectivity index (χ0v) is 11.1. The standard InChI is InChI=1S/C12H16F3NO5/c13-12(14,15)8-3-1-2-7(4-8)11(21)16(5-9(17)18)6-10(19)20/h7-8H,1-6H2,(H,17,18)(H,19,20). The van der Waals surface area contributed by atoms with Crippen molar-refractivity contribution < 1.29 is 37.8 Å². The summed E-state index contributed by atoms with van der Waals surface area (Å²) < 4.78 is 38.1. The monoisotopic (exact) mass is 311 g/mol. The Hall–Kier alpha value is -1.80. The summed E-state index contributed by atoms with van der Waals surface area (Å²) in [5, 5.41) is 17.3. The molecule has 1 rings (SSSR count). The van der Waals surface area contributed by atoms with Crippen LogP contribution in [0.4, 0.5) is 13.2 Å². The molecule has 2 unspecified atom stereocenters. The molecule has 1 aliphatic carbocycles. The summed E-state index contributed by atoms with van der Waals surface area (Å²) in [7, 11) is 0. The number of halogens is 3. The van der Waals surface area contributed by atoms with Crippen LogP contribution in [0.1, 0.15) is 25.7 Å². The third kappa shape index (κ3) is 5.24. The Morgan fingerprint density at radius 1 is 1.05 bits per heavy atom. The predicted octanol–water partition coefficient (Wildman–Crippen LogP) is 1.35. The second-order valence-electron chi connectivity index (χ2n) is 5.08. The molecular weight excluding hydrogens is 295 g/mol. The topological polar surface area (TPSA) is 94.9 Å². The van der Waals surface area contributed by atoms with Gasteiger partial charge in [0.25, 0.3) is 0 Å². The van der Waals surface area contributed by atoms with Gasteiger partial charge in [0.1, 0.15) is 13.1 Å². The van der Waals surface area contributed by atoms with Crippen LogP contribution in [0.5, 0.6) is 0 Å². The lowest BCUT2D eigenvalue weighted by molar-refractivity contribution is -0.187. The number of aliphatic carboxylic acids is 2. The number of amides is 1. The van der Waals surface area contributed by atoms with Crippen LogP contribution in [-0.4, -0.2) is 52.2 Å². The SMILES string of the molecule is O=C(O)CN(CC(=O)O)C(=O)C1CCCC(C(F)(F)F)C1. The summed E-state index contributed by atoms with van der Waals surface area (Å²) >= 11 is 0. The molecule has 120 valence electrons. The second-order valence-corrected chi connectivity index (χ2v) is 5.08. The lowest BCUT2D eigenvalue weighted by atomic mass is 9.80. The fourth-order valence-corrected chi connectivity index (χ4v) is 2.51. The van der Waals surface area contributed by atoms with Gasteiger partial charge in [-0.2, -0.15) is 13.2 Å². The van der Waals surface area contributed by atoms with Crippen molar-refractivity contribution in [3.05, 3.63) is 0 Å². The van der Waals surface area contributed by atoms with Gasteiger partial charge in [0.15, 0.2) is 0 Å². The molecule has 0 saturated heterocycles. The van der Waals surface area contributed by atoms with Crippen LogP contribution in [0.2, 0.25) is 0 Å². The number of alkyl halides is 3. The summed E-state index contributed by atoms with van der Waals surface area (Å²) in [6.45, 7) is -1.67. The molecule has 2 N–H and O–H groups in total. The Balaban J connectivity index is 2.77. The van der Waals surface area contributed by atoms with E-state index in [0.717, 1.165) is 0 Å². The maximum atomic E-state index is 12.7. The first kappa shape index (κ1) is 17.3. The molecule has 0 aliphatic heterocycles. The average Bonchev–Trinajstić information content (AvgIpc) is 2.35. The maximum Gasteiger partial charge on any atom is 0.391 e. The second kappa shape index (κ2) is 6.77. The highest BCUT2D eigenvalue weighted by Gasteiger charge is 2.44. The third-order valence-electron chi connectivity index (χ3n) is 3.45. The highest BCUT2D eigenvalue weighted by molar-refractivity contribution is 5.86. The average molecular weight is 311 g/mol. The van der Waals surface area contributed by atoms with Crippen molar-refractivity contribution in [1.29, 1.82) is 0 Å². The van der Waals surface area contributed by atoms with Crippen molar-refractivity contribution in [2.75, 3.05) is 13.1 Å². The van der Waals surface area contributed by atoms with Crippen LogP contribution in [-0.2, 0) is 14.4 Å². The van der Waals surface area contributed by atoms with E-state index in [-0.39, 0.29) is 19.3 Å². The van der Waals surface area contributed by atoms with E-state index in [1.54, 1.807) is 0 Å². The van der Waals surface area contributed by atoms with E-state index in [2.05, 4.69) is 0 Å². The van der Waals surface area contributed by atoms with E-state index < -0.39 is 55.4 Å². The molecule has 0 heterocycles. The first-order valence-corrected chi connectivity index (χ1v) is 6.40. The van der Waals surface area contributed by atoms with Gasteiger partial charge in [-0.05, 0) is 19.3 Å². The molecule has 21 heavy (non-hydrogen) atoms. The van der Waals surface area contributed by atoms with E-state index in [9.17, 15) is 27.6 Å². The normalized spacial score (nSPS) is 22.6. The minimum absolute atomic E-state index is 0.0643. The van der Waals surface area contributed by atoms with Crippen molar-refractivity contribution in [1.82, 2.24) is 4.90 Å². The van der Waals surface area contributed by atoms with Gasteiger partial charge in [0, 0.05) is 5.92 Å². The molecule has 0 aromatic rings. The highest BCUT2D eigenvalue weighted by atomic mass is 19.4. The summed E-state index contributed by atoms with van der Waals surface area (Å²) in [6, 6.07) is 0. The number of carbonyl (C=O) groups is 3. The molecule has 0 bridgehead atoms. The smallest absolute Gasteiger partial charge is 0.391 e. The van der Waals surface area contributed by atoms with E-state index in [0.29, 0.717) is 4.90 Å². The molecule has 1 aliphatic rings. The molecule has 2 atom stereocenters. The fraction of sp³-hybridized carbons (Fsp3) is 0.750. The van der Waals surface area contributed by atoms with Gasteiger partial charge in [-0.25, -0.2) is 0 Å². The Kier molecular flexibility index (Phi) is 5.56. The van der Waals surface area contributed by atoms with Gasteiger partial charge in [-0.15, -0.1) is 0 Å². The van der Waals surface area contributed by atoms with Gasteiger partial charge >= 0.3 is 18.1 Å². The van der Waals surface area contributed by atoms with Crippen LogP contribution >= 0.6 is 0 Å². The number of carbonyl (C=O) groups excluding carboxylic acids is 1. The van der Waals surface area contributed by atoms with Gasteiger partial charge in [-0.3, -0.25) is 14.4 Å². The van der Waals surface area contributed by atoms with Crippen molar-refractivity contribution in [3.63, 3.8) is 0 Å². The highest BCUT2D eigenvalue weighted by Crippen LogP contribution is 2.40. The largest absolute Gasteiger partial charge is 0.480 e. The predicted molar refractivity (Wildman–Crippen MR) is 63.4 cm³/mol. The Morgan fingerprint density at radius 3 is 2.00 bits per heavy atom. The summed E-state index contributed by atoms with van der Waals surface area (Å²) in [4.78, 5) is 33.9. The summed E-state index contributed by atoms with van der Waals surface area (Å²) in [5.41, 5.74) is 0. The minimum Gasteiger partial charge on any atom is -0.480 e. The van der Waals surface area contributed by atoms with Crippen LogP contribution in [0.15, 0.2) is 0 Å². The number of carboxylic acid groups (broad SMARTS) is 2. The van der Waals surface area contributed by atoms with E-state index >= 15 is 0 Å². The lowest BCUT2D eigenvalue weighted by Gasteiger charge is -2.32. The maximum absolute atomic E-state index is 12.7. The number of rotatable bonds is 5. The number of nitrogens with zero attached hydrogens (tertiary/aromatic N) is 1. The number of hydrogen-bond acceptors (Lipinski definition) is 3. The summed E-state index contributed by atoms with van der Waals surface area (Å²) in [6.07, 6.45) is -4.47. The van der Waals surface area contributed by atoms with Crippen LogP contribution in [0, 0.1) is 11.8 Å². The van der Waals surface area contributed by atoms with Gasteiger partial charge < -0.3 is 15.1 Å². The molecule has 1 saturated carbocycles. The molecule has 0 radical (unpaired) electrons. The number of carboxylic acids is 2. The quantitative estimate of drug-likeness (QED) is 0.799. The van der Waals surface area contributed by atoms with E-state index in [4.69, 9.17) is 10.2 Å². The zero-order chi connectivity index (χ0) is 16.2. The molecule has 0 aromatic heterocycles. The molecule has 1 fully saturated rings. The number of hydrogen-bond donors (Lipinski definition) is 2. The fourth-order valence-electron chi connectivity index (χ4n) is 2.51. The molecule has 0 aromatic carbocycles. The van der Waals surface area contributed by atoms with Crippen molar-refractivity contribution in [3.8, 4) is 0 Å². The molecular formula is C12H16F3NO5. The molecule has 0 spiro atoms. The Bertz CT molecular complexity index is 408. The van der Waals surface area contributed by atoms with Crippen molar-refractivity contribution in [2.24, 2.45) is 11.8 Å². The third-order valence-corrected chi connectivity index (χ3v) is 3.45. The van der Waals surface area contributed by atoms with Gasteiger partial charge in [0.2, 0.25) is 5.91 Å². The first-order chi connectivity index (χ1) is 9.61. The summed E-state index contributed by atoms with van der Waals surface area (Å²) in [5.74, 6) is -6.24. The van der Waals surface area contributed by atoms with Gasteiger partial charge in [0.05, 0.1) is 5.92 Å². The molecule has 6 nitrogen and oxygen atoms in total. The Labute approximate surface area is 118 Å².